The summed E-state index contributed by atoms with van der Waals surface area (Å²) >= 11 is 1.65. The summed E-state index contributed by atoms with van der Waals surface area (Å²) in [5.41, 5.74) is -0.723. The van der Waals surface area contributed by atoms with Crippen LogP contribution in [0.2, 0.25) is 0 Å². The number of hydrogen-bond donors (Lipinski definition) is 0. The summed E-state index contributed by atoms with van der Waals surface area (Å²) in [5.74, 6) is 1.50. The van der Waals surface area contributed by atoms with E-state index >= 15 is 0 Å². The minimum Gasteiger partial charge on any atom is -0.355 e. The van der Waals surface area contributed by atoms with Gasteiger partial charge < -0.3 is 9.80 Å². The highest BCUT2D eigenvalue weighted by atomic mass is 32.1. The van der Waals surface area contributed by atoms with Crippen LogP contribution >= 0.6 is 11.3 Å². The maximum absolute atomic E-state index is 12.7. The standard InChI is InChI=1S/C18H18F3N5S/c1-12-9-14-16(23-11-24-17(14)27-12)26-6-2-5-25(7-8-26)15-4-3-13(10-22-15)18(19,20)21/h3-4,9-11H,2,5-8H2,1H3. The quantitative estimate of drug-likeness (QED) is 0.655. The topological polar surface area (TPSA) is 45.2 Å². The molecule has 3 aromatic rings. The van der Waals surface area contributed by atoms with Gasteiger partial charge in [0.25, 0.3) is 0 Å². The number of hydrogen-bond acceptors (Lipinski definition) is 6. The molecule has 9 heteroatoms. The van der Waals surface area contributed by atoms with Gasteiger partial charge in [-0.15, -0.1) is 11.3 Å². The molecule has 0 aliphatic carbocycles. The first-order chi connectivity index (χ1) is 12.9. The zero-order valence-corrected chi connectivity index (χ0v) is 15.5. The van der Waals surface area contributed by atoms with Gasteiger partial charge in [-0.25, -0.2) is 15.0 Å². The van der Waals surface area contributed by atoms with Crippen LogP contribution in [0.5, 0.6) is 0 Å². The number of anilines is 2. The van der Waals surface area contributed by atoms with Gasteiger partial charge in [-0.3, -0.25) is 0 Å². The van der Waals surface area contributed by atoms with Gasteiger partial charge in [0.15, 0.2) is 0 Å². The van der Waals surface area contributed by atoms with Gasteiger partial charge in [-0.2, -0.15) is 13.2 Å². The lowest BCUT2D eigenvalue weighted by Gasteiger charge is -2.24. The van der Waals surface area contributed by atoms with Crippen molar-refractivity contribution in [3.63, 3.8) is 0 Å². The Morgan fingerprint density at radius 2 is 1.78 bits per heavy atom. The van der Waals surface area contributed by atoms with Gasteiger partial charge in [-0.05, 0) is 31.5 Å². The average molecular weight is 393 g/mol. The van der Waals surface area contributed by atoms with E-state index in [1.165, 1.54) is 10.9 Å². The Kier molecular flexibility index (Phi) is 4.63. The molecule has 142 valence electrons. The maximum Gasteiger partial charge on any atom is 0.417 e. The van der Waals surface area contributed by atoms with Gasteiger partial charge in [-0.1, -0.05) is 0 Å². The third-order valence-corrected chi connectivity index (χ3v) is 5.58. The van der Waals surface area contributed by atoms with E-state index in [1.54, 1.807) is 17.7 Å². The number of halogens is 3. The van der Waals surface area contributed by atoms with E-state index in [-0.39, 0.29) is 0 Å². The molecule has 1 fully saturated rings. The monoisotopic (exact) mass is 393 g/mol. The summed E-state index contributed by atoms with van der Waals surface area (Å²) in [6.45, 7) is 5.02. The van der Waals surface area contributed by atoms with Gasteiger partial charge in [0, 0.05) is 37.3 Å². The van der Waals surface area contributed by atoms with Gasteiger partial charge in [0.05, 0.1) is 10.9 Å². The third-order valence-electron chi connectivity index (χ3n) is 4.63. The number of nitrogens with zero attached hydrogens (tertiary/aromatic N) is 5. The van der Waals surface area contributed by atoms with E-state index in [0.717, 1.165) is 54.4 Å². The summed E-state index contributed by atoms with van der Waals surface area (Å²) in [4.78, 5) is 19.3. The lowest BCUT2D eigenvalue weighted by atomic mass is 10.2. The van der Waals surface area contributed by atoms with Gasteiger partial charge in [0.1, 0.15) is 22.8 Å². The molecule has 5 nitrogen and oxygen atoms in total. The molecule has 0 N–H and O–H groups in total. The Balaban J connectivity index is 1.52. The van der Waals surface area contributed by atoms with E-state index in [2.05, 4.69) is 32.8 Å². The SMILES string of the molecule is Cc1cc2c(N3CCCN(c4ccc(C(F)(F)F)cn4)CC3)ncnc2s1. The molecule has 1 aliphatic heterocycles. The van der Waals surface area contributed by atoms with E-state index in [0.29, 0.717) is 12.4 Å². The highest BCUT2D eigenvalue weighted by molar-refractivity contribution is 7.18. The molecule has 0 aromatic carbocycles. The smallest absolute Gasteiger partial charge is 0.355 e. The van der Waals surface area contributed by atoms with Crippen molar-refractivity contribution in [2.75, 3.05) is 36.0 Å². The molecule has 4 rings (SSSR count). The Hall–Kier alpha value is -2.42. The van der Waals surface area contributed by atoms with Crippen LogP contribution in [0.3, 0.4) is 0 Å². The van der Waals surface area contributed by atoms with Crippen LogP contribution in [-0.2, 0) is 6.18 Å². The molecule has 1 aliphatic rings. The van der Waals surface area contributed by atoms with Crippen molar-refractivity contribution < 1.29 is 13.2 Å². The molecule has 0 radical (unpaired) electrons. The Morgan fingerprint density at radius 1 is 1.00 bits per heavy atom. The molecule has 0 bridgehead atoms. The number of thiophene rings is 1. The lowest BCUT2D eigenvalue weighted by Crippen LogP contribution is -2.31. The summed E-state index contributed by atoms with van der Waals surface area (Å²) < 4.78 is 38.2. The van der Waals surface area contributed by atoms with Crippen molar-refractivity contribution in [1.82, 2.24) is 15.0 Å². The molecule has 0 atom stereocenters. The maximum atomic E-state index is 12.7. The van der Waals surface area contributed by atoms with E-state index in [1.807, 2.05) is 4.90 Å². The number of aromatic nitrogens is 3. The fourth-order valence-corrected chi connectivity index (χ4v) is 4.16. The fraction of sp³-hybridized carbons (Fsp3) is 0.389. The Labute approximate surface area is 158 Å². The summed E-state index contributed by atoms with van der Waals surface area (Å²) in [6, 6.07) is 4.64. The molecule has 3 aromatic heterocycles. The number of rotatable bonds is 2. The number of fused-ring (bicyclic) bond motifs is 1. The van der Waals surface area contributed by atoms with Crippen molar-refractivity contribution in [3.8, 4) is 0 Å². The molecule has 0 spiro atoms. The van der Waals surface area contributed by atoms with Crippen molar-refractivity contribution in [3.05, 3.63) is 41.2 Å². The molecule has 0 amide bonds. The minimum absolute atomic E-state index is 0.573. The second-order valence-electron chi connectivity index (χ2n) is 6.50. The first-order valence-electron chi connectivity index (χ1n) is 8.66. The molecule has 0 unspecified atom stereocenters. The molecule has 4 heterocycles. The first-order valence-corrected chi connectivity index (χ1v) is 9.48. The lowest BCUT2D eigenvalue weighted by molar-refractivity contribution is -0.137. The van der Waals surface area contributed by atoms with Crippen molar-refractivity contribution in [1.29, 1.82) is 0 Å². The predicted molar refractivity (Wildman–Crippen MR) is 100 cm³/mol. The Morgan fingerprint density at radius 3 is 2.52 bits per heavy atom. The van der Waals surface area contributed by atoms with Crippen molar-refractivity contribution >= 4 is 33.2 Å². The zero-order chi connectivity index (χ0) is 19.0. The largest absolute Gasteiger partial charge is 0.417 e. The van der Waals surface area contributed by atoms with Crippen LogP contribution in [0.1, 0.15) is 16.9 Å². The van der Waals surface area contributed by atoms with Crippen LogP contribution in [-0.4, -0.2) is 41.1 Å². The third kappa shape index (κ3) is 3.69. The van der Waals surface area contributed by atoms with Crippen LogP contribution in [0.25, 0.3) is 10.2 Å². The predicted octanol–water partition coefficient (Wildman–Crippen LogP) is 4.13. The second kappa shape index (κ2) is 6.95. The van der Waals surface area contributed by atoms with Gasteiger partial charge >= 0.3 is 6.18 Å². The highest BCUT2D eigenvalue weighted by Crippen LogP contribution is 2.31. The Bertz CT molecular complexity index is 938. The van der Waals surface area contributed by atoms with E-state index < -0.39 is 11.7 Å². The summed E-state index contributed by atoms with van der Waals surface area (Å²) in [7, 11) is 0. The summed E-state index contributed by atoms with van der Waals surface area (Å²) in [5, 5.41) is 1.06. The molecular formula is C18H18F3N5S. The van der Waals surface area contributed by atoms with E-state index in [9.17, 15) is 13.2 Å². The van der Waals surface area contributed by atoms with E-state index in [4.69, 9.17) is 0 Å². The molecule has 27 heavy (non-hydrogen) atoms. The molecule has 0 saturated carbocycles. The van der Waals surface area contributed by atoms with Crippen molar-refractivity contribution in [2.24, 2.45) is 0 Å². The van der Waals surface area contributed by atoms with Crippen LogP contribution < -0.4 is 9.80 Å². The fourth-order valence-electron chi connectivity index (χ4n) is 3.31. The summed E-state index contributed by atoms with van der Waals surface area (Å²) in [6.07, 6.45) is -0.997. The number of alkyl halides is 3. The normalized spacial score (nSPS) is 16.0. The minimum atomic E-state index is -4.36. The van der Waals surface area contributed by atoms with Crippen LogP contribution in [0, 0.1) is 6.92 Å². The van der Waals surface area contributed by atoms with Crippen LogP contribution in [0.15, 0.2) is 30.7 Å². The molecule has 1 saturated heterocycles. The number of aryl methyl sites for hydroxylation is 1. The van der Waals surface area contributed by atoms with Crippen molar-refractivity contribution in [2.45, 2.75) is 19.5 Å². The molecular weight excluding hydrogens is 375 g/mol. The first kappa shape index (κ1) is 18.0. The number of pyridine rings is 1. The van der Waals surface area contributed by atoms with Crippen LogP contribution in [0.4, 0.5) is 24.8 Å². The highest BCUT2D eigenvalue weighted by Gasteiger charge is 2.31. The zero-order valence-electron chi connectivity index (χ0n) is 14.7. The average Bonchev–Trinajstić information content (AvgIpc) is 2.86. The van der Waals surface area contributed by atoms with Gasteiger partial charge in [0.2, 0.25) is 0 Å². The second-order valence-corrected chi connectivity index (χ2v) is 7.74.